The Morgan fingerprint density at radius 3 is 2.46 bits per heavy atom. The maximum absolute atomic E-state index is 12.3. The maximum Gasteiger partial charge on any atom is 0.318 e. The Labute approximate surface area is 150 Å². The van der Waals surface area contributed by atoms with Gasteiger partial charge in [-0.3, -0.25) is 15.0 Å². The van der Waals surface area contributed by atoms with Gasteiger partial charge in [-0.05, 0) is 43.7 Å². The summed E-state index contributed by atoms with van der Waals surface area (Å²) < 4.78 is 5.71. The summed E-state index contributed by atoms with van der Waals surface area (Å²) >= 11 is 0. The van der Waals surface area contributed by atoms with Gasteiger partial charge in [-0.15, -0.1) is 0 Å². The van der Waals surface area contributed by atoms with Crippen LogP contribution in [0.1, 0.15) is 19.4 Å². The van der Waals surface area contributed by atoms with Crippen LogP contribution < -0.4 is 15.5 Å². The zero-order valence-corrected chi connectivity index (χ0v) is 14.5. The molecule has 0 radical (unpaired) electrons. The number of nitrogens with one attached hydrogen (secondary N) is 2. The number of benzene rings is 1. The van der Waals surface area contributed by atoms with E-state index in [1.54, 1.807) is 48.8 Å². The van der Waals surface area contributed by atoms with Gasteiger partial charge < -0.3 is 15.0 Å². The van der Waals surface area contributed by atoms with Crippen molar-refractivity contribution >= 4 is 11.9 Å². The Hall–Kier alpha value is -3.13. The zero-order valence-electron chi connectivity index (χ0n) is 14.5. The minimum absolute atomic E-state index is 0.323. The lowest BCUT2D eigenvalue weighted by atomic mass is 9.94. The zero-order chi connectivity index (χ0) is 18.7. The van der Waals surface area contributed by atoms with E-state index in [0.29, 0.717) is 18.0 Å². The first-order valence-electron chi connectivity index (χ1n) is 8.10. The fourth-order valence-corrected chi connectivity index (χ4v) is 2.91. The average molecular weight is 356 g/mol. The Balaban J connectivity index is 1.70. The molecule has 2 heterocycles. The molecule has 136 valence electrons. The van der Waals surface area contributed by atoms with Gasteiger partial charge in [0.25, 0.3) is 5.91 Å². The van der Waals surface area contributed by atoms with Crippen molar-refractivity contribution in [1.29, 1.82) is 0 Å². The molecule has 1 aromatic heterocycles. The van der Waals surface area contributed by atoms with Crippen LogP contribution in [0.5, 0.6) is 11.5 Å². The molecule has 1 aromatic carbocycles. The van der Waals surface area contributed by atoms with Crippen LogP contribution in [0.3, 0.4) is 0 Å². The highest BCUT2D eigenvalue weighted by Crippen LogP contribution is 2.28. The highest BCUT2D eigenvalue weighted by atomic mass is 16.5. The van der Waals surface area contributed by atoms with Gasteiger partial charge in [0, 0.05) is 18.9 Å². The number of urea groups is 1. The molecule has 26 heavy (non-hydrogen) atoms. The maximum atomic E-state index is 12.3. The number of hydroxylamine groups is 1. The van der Waals surface area contributed by atoms with Crippen LogP contribution in [0.4, 0.5) is 4.79 Å². The van der Waals surface area contributed by atoms with Crippen molar-refractivity contribution in [3.63, 3.8) is 0 Å². The summed E-state index contributed by atoms with van der Waals surface area (Å²) in [6, 6.07) is 9.67. The topological polar surface area (TPSA) is 104 Å². The molecule has 8 heteroatoms. The van der Waals surface area contributed by atoms with Crippen molar-refractivity contribution in [2.45, 2.75) is 32.0 Å². The Morgan fingerprint density at radius 2 is 1.85 bits per heavy atom. The van der Waals surface area contributed by atoms with E-state index in [0.717, 1.165) is 5.56 Å². The highest BCUT2D eigenvalue weighted by molar-refractivity contribution is 5.91. The van der Waals surface area contributed by atoms with Crippen LogP contribution in [0.2, 0.25) is 0 Å². The van der Waals surface area contributed by atoms with Crippen molar-refractivity contribution < 1.29 is 19.5 Å². The quantitative estimate of drug-likeness (QED) is 0.562. The van der Waals surface area contributed by atoms with E-state index in [9.17, 15) is 9.59 Å². The first kappa shape index (κ1) is 17.7. The third-order valence-corrected chi connectivity index (χ3v) is 4.44. The first-order valence-corrected chi connectivity index (χ1v) is 8.10. The second-order valence-corrected chi connectivity index (χ2v) is 6.53. The Kier molecular flexibility index (Phi) is 4.77. The van der Waals surface area contributed by atoms with Gasteiger partial charge in [-0.2, -0.15) is 0 Å². The summed E-state index contributed by atoms with van der Waals surface area (Å²) in [5, 5.41) is 11.4. The van der Waals surface area contributed by atoms with E-state index in [4.69, 9.17) is 9.94 Å². The lowest BCUT2D eigenvalue weighted by molar-refractivity contribution is -0.132. The van der Waals surface area contributed by atoms with Crippen molar-refractivity contribution in [2.75, 3.05) is 0 Å². The molecule has 0 bridgehead atoms. The molecular weight excluding hydrogens is 336 g/mol. The van der Waals surface area contributed by atoms with Crippen LogP contribution >= 0.6 is 0 Å². The van der Waals surface area contributed by atoms with E-state index in [1.807, 2.05) is 24.3 Å². The predicted molar refractivity (Wildman–Crippen MR) is 92.6 cm³/mol. The molecule has 0 spiro atoms. The lowest BCUT2D eigenvalue weighted by Crippen LogP contribution is -2.53. The third kappa shape index (κ3) is 3.45. The van der Waals surface area contributed by atoms with Gasteiger partial charge in [0.1, 0.15) is 17.5 Å². The van der Waals surface area contributed by atoms with Crippen LogP contribution in [0.15, 0.2) is 48.8 Å². The van der Waals surface area contributed by atoms with Crippen molar-refractivity contribution in [3.05, 3.63) is 54.4 Å². The monoisotopic (exact) mass is 356 g/mol. The molecule has 3 N–H and O–H groups in total. The minimum Gasteiger partial charge on any atom is -0.457 e. The molecule has 1 aliphatic rings. The molecule has 1 aliphatic heterocycles. The summed E-state index contributed by atoms with van der Waals surface area (Å²) in [6.07, 6.45) is 3.30. The van der Waals surface area contributed by atoms with Gasteiger partial charge in [0.2, 0.25) is 0 Å². The molecule has 0 aliphatic carbocycles. The molecule has 3 rings (SSSR count). The molecule has 2 aromatic rings. The Morgan fingerprint density at radius 1 is 1.23 bits per heavy atom. The second kappa shape index (κ2) is 7.01. The highest BCUT2D eigenvalue weighted by Gasteiger charge is 2.49. The summed E-state index contributed by atoms with van der Waals surface area (Å²) in [5.41, 5.74) is 1.69. The van der Waals surface area contributed by atoms with Gasteiger partial charge in [0.15, 0.2) is 0 Å². The van der Waals surface area contributed by atoms with E-state index in [1.165, 1.54) is 0 Å². The number of ether oxygens (including phenoxy) is 1. The summed E-state index contributed by atoms with van der Waals surface area (Å²) in [6.45, 7) is 3.86. The fraction of sp³-hybridized carbons (Fsp3) is 0.278. The molecule has 0 saturated carbocycles. The molecule has 1 atom stereocenters. The van der Waals surface area contributed by atoms with Crippen molar-refractivity contribution in [1.82, 2.24) is 20.7 Å². The fourth-order valence-electron chi connectivity index (χ4n) is 2.91. The molecule has 3 amide bonds. The molecule has 8 nitrogen and oxygen atoms in total. The predicted octanol–water partition coefficient (Wildman–Crippen LogP) is 2.05. The molecule has 0 unspecified atom stereocenters. The van der Waals surface area contributed by atoms with E-state index in [-0.39, 0.29) is 6.03 Å². The van der Waals surface area contributed by atoms with E-state index < -0.39 is 17.5 Å². The number of pyridine rings is 1. The van der Waals surface area contributed by atoms with Gasteiger partial charge >= 0.3 is 6.03 Å². The third-order valence-electron chi connectivity index (χ3n) is 4.44. The van der Waals surface area contributed by atoms with E-state index in [2.05, 4.69) is 10.3 Å². The van der Waals surface area contributed by atoms with Crippen molar-refractivity contribution in [2.24, 2.45) is 0 Å². The lowest BCUT2D eigenvalue weighted by Gasteiger charge is -2.33. The second-order valence-electron chi connectivity index (χ2n) is 6.53. The minimum atomic E-state index is -0.839. The smallest absolute Gasteiger partial charge is 0.318 e. The van der Waals surface area contributed by atoms with E-state index >= 15 is 0 Å². The molecule has 1 saturated heterocycles. The largest absolute Gasteiger partial charge is 0.457 e. The van der Waals surface area contributed by atoms with Gasteiger partial charge in [-0.25, -0.2) is 10.3 Å². The number of aromatic nitrogens is 1. The van der Waals surface area contributed by atoms with Gasteiger partial charge in [-0.1, -0.05) is 12.1 Å². The molecule has 1 fully saturated rings. The number of rotatable bonds is 5. The number of carbonyl (C=O) groups is 2. The summed E-state index contributed by atoms with van der Waals surface area (Å²) in [4.78, 5) is 29.5. The standard InChI is InChI=1S/C18H20N4O4/c1-18(2)15(16(23)21-25)20-17(24)22(18)11-12-3-5-13(6-4-12)26-14-7-9-19-10-8-14/h3-10,15,25H,11H2,1-2H3,(H,20,24)(H,21,23)/t15-/m0/s1. The average Bonchev–Trinajstić information content (AvgIpc) is 2.87. The number of carbonyl (C=O) groups excluding carboxylic acids is 2. The molecular formula is C18H20N4O4. The van der Waals surface area contributed by atoms with Crippen LogP contribution in [-0.4, -0.2) is 38.6 Å². The number of hydrogen-bond donors (Lipinski definition) is 3. The summed E-state index contributed by atoms with van der Waals surface area (Å²) in [5.74, 6) is 0.709. The van der Waals surface area contributed by atoms with Crippen LogP contribution in [0.25, 0.3) is 0 Å². The van der Waals surface area contributed by atoms with Crippen molar-refractivity contribution in [3.8, 4) is 11.5 Å². The summed E-state index contributed by atoms with van der Waals surface area (Å²) in [7, 11) is 0. The SMILES string of the molecule is CC1(C)[C@H](C(=O)NO)NC(=O)N1Cc1ccc(Oc2ccncc2)cc1. The van der Waals surface area contributed by atoms with Crippen LogP contribution in [0, 0.1) is 0 Å². The number of hydrogen-bond acceptors (Lipinski definition) is 5. The van der Waals surface area contributed by atoms with Crippen LogP contribution in [-0.2, 0) is 11.3 Å². The number of nitrogens with zero attached hydrogens (tertiary/aromatic N) is 2. The Bertz CT molecular complexity index is 793. The first-order chi connectivity index (χ1) is 12.4. The normalized spacial score (nSPS) is 18.3. The van der Waals surface area contributed by atoms with Gasteiger partial charge in [0.05, 0.1) is 5.54 Å². The number of amides is 3.